The molecule has 1 atom stereocenters. The molecule has 0 radical (unpaired) electrons. The van der Waals surface area contributed by atoms with Crippen LogP contribution in [0, 0.1) is 6.92 Å². The summed E-state index contributed by atoms with van der Waals surface area (Å²) in [6.07, 6.45) is 0.908. The van der Waals surface area contributed by atoms with E-state index in [1.54, 1.807) is 37.4 Å². The Hall–Kier alpha value is -4.05. The Morgan fingerprint density at radius 3 is 2.15 bits per heavy atom. The van der Waals surface area contributed by atoms with Crippen LogP contribution in [-0.2, 0) is 32.6 Å². The topological polar surface area (TPSA) is 96.0 Å². The summed E-state index contributed by atoms with van der Waals surface area (Å²) in [6.45, 7) is 3.60. The molecule has 242 valence electrons. The van der Waals surface area contributed by atoms with Crippen molar-refractivity contribution in [1.82, 2.24) is 10.2 Å². The molecule has 0 saturated heterocycles. The van der Waals surface area contributed by atoms with E-state index in [9.17, 15) is 18.0 Å². The molecule has 8 nitrogen and oxygen atoms in total. The molecule has 0 unspecified atom stereocenters. The van der Waals surface area contributed by atoms with Gasteiger partial charge in [-0.15, -0.1) is 0 Å². The van der Waals surface area contributed by atoms with E-state index in [0.717, 1.165) is 15.4 Å². The normalized spacial score (nSPS) is 11.8. The van der Waals surface area contributed by atoms with E-state index in [1.165, 1.54) is 35.2 Å². The summed E-state index contributed by atoms with van der Waals surface area (Å²) >= 11 is 12.6. The van der Waals surface area contributed by atoms with Gasteiger partial charge >= 0.3 is 0 Å². The quantitative estimate of drug-likeness (QED) is 0.160. The third-order valence-electron chi connectivity index (χ3n) is 7.33. The lowest BCUT2D eigenvalue weighted by Gasteiger charge is -2.34. The zero-order chi connectivity index (χ0) is 33.3. The van der Waals surface area contributed by atoms with Gasteiger partial charge in [-0.2, -0.15) is 0 Å². The first-order valence-electron chi connectivity index (χ1n) is 14.8. The van der Waals surface area contributed by atoms with Crippen molar-refractivity contribution in [3.05, 3.63) is 124 Å². The maximum atomic E-state index is 14.5. The molecule has 0 bridgehead atoms. The van der Waals surface area contributed by atoms with Crippen LogP contribution in [0.3, 0.4) is 0 Å². The van der Waals surface area contributed by atoms with Crippen molar-refractivity contribution >= 4 is 50.7 Å². The van der Waals surface area contributed by atoms with Crippen LogP contribution in [0.5, 0.6) is 5.75 Å². The summed E-state index contributed by atoms with van der Waals surface area (Å²) in [6, 6.07) is 26.3. The number of amides is 2. The molecule has 0 saturated carbocycles. The average molecular weight is 683 g/mol. The highest BCUT2D eigenvalue weighted by atomic mass is 35.5. The van der Waals surface area contributed by atoms with E-state index in [0.29, 0.717) is 24.3 Å². The highest BCUT2D eigenvalue weighted by Gasteiger charge is 2.35. The van der Waals surface area contributed by atoms with Gasteiger partial charge in [0.05, 0.1) is 17.7 Å². The monoisotopic (exact) mass is 681 g/mol. The van der Waals surface area contributed by atoms with E-state index >= 15 is 0 Å². The lowest BCUT2D eigenvalue weighted by atomic mass is 10.0. The number of carbonyl (C=O) groups is 2. The third kappa shape index (κ3) is 9.02. The summed E-state index contributed by atoms with van der Waals surface area (Å²) < 4.78 is 34.7. The maximum Gasteiger partial charge on any atom is 0.264 e. The van der Waals surface area contributed by atoms with E-state index < -0.39 is 28.5 Å². The summed E-state index contributed by atoms with van der Waals surface area (Å²) in [5, 5.41) is 3.34. The number of ether oxygens (including phenoxy) is 1. The van der Waals surface area contributed by atoms with Crippen molar-refractivity contribution in [2.45, 2.75) is 44.2 Å². The van der Waals surface area contributed by atoms with Crippen LogP contribution in [0.25, 0.3) is 0 Å². The fraction of sp³-hybridized carbons (Fsp3) is 0.257. The summed E-state index contributed by atoms with van der Waals surface area (Å²) in [7, 11) is -2.74. The second kappa shape index (κ2) is 16.0. The zero-order valence-electron chi connectivity index (χ0n) is 26.0. The molecule has 0 fully saturated rings. The zero-order valence-corrected chi connectivity index (χ0v) is 28.3. The molecule has 0 aliphatic rings. The molecule has 0 heterocycles. The highest BCUT2D eigenvalue weighted by Crippen LogP contribution is 2.30. The maximum absolute atomic E-state index is 14.5. The number of benzene rings is 4. The van der Waals surface area contributed by atoms with Crippen molar-refractivity contribution < 1.29 is 22.7 Å². The van der Waals surface area contributed by atoms with Crippen LogP contribution in [-0.4, -0.2) is 51.4 Å². The molecule has 4 aromatic rings. The number of halogens is 2. The average Bonchev–Trinajstić information content (AvgIpc) is 3.04. The molecule has 0 aromatic heterocycles. The van der Waals surface area contributed by atoms with Gasteiger partial charge in [0.2, 0.25) is 11.8 Å². The molecule has 0 aliphatic carbocycles. The van der Waals surface area contributed by atoms with Gasteiger partial charge in [0.1, 0.15) is 18.3 Å². The van der Waals surface area contributed by atoms with Gasteiger partial charge < -0.3 is 15.0 Å². The molecule has 2 amide bonds. The smallest absolute Gasteiger partial charge is 0.264 e. The fourth-order valence-electron chi connectivity index (χ4n) is 4.94. The molecule has 1 N–H and O–H groups in total. The minimum absolute atomic E-state index is 0.0112. The van der Waals surface area contributed by atoms with Gasteiger partial charge in [-0.3, -0.25) is 13.9 Å². The molecule has 4 aromatic carbocycles. The van der Waals surface area contributed by atoms with E-state index in [2.05, 4.69) is 5.32 Å². The van der Waals surface area contributed by atoms with Crippen LogP contribution in [0.4, 0.5) is 5.69 Å². The number of anilines is 1. The Labute approximate surface area is 280 Å². The first-order chi connectivity index (χ1) is 22.0. The number of methoxy groups -OCH3 is 1. The number of aryl methyl sites for hydroxylation is 1. The molecule has 0 aliphatic heterocycles. The standard InChI is InChI=1S/C35H37Cl2N3O5S/c1-4-17-38-35(42)33(19-26-9-6-5-7-10-26)39(23-27-11-8-12-31(18-27)45-3)34(41)24-40(30-21-28(36)20-29(37)22-30)46(43,44)32-15-13-25(2)14-16-32/h5-16,18,20-22,33H,4,17,19,23-24H2,1-3H3,(H,38,42)/t33-/m1/s1. The van der Waals surface area contributed by atoms with Crippen molar-refractivity contribution in [2.24, 2.45) is 0 Å². The number of sulfonamides is 1. The van der Waals surface area contributed by atoms with E-state index in [1.807, 2.05) is 50.2 Å². The Balaban J connectivity index is 1.83. The van der Waals surface area contributed by atoms with Crippen molar-refractivity contribution in [3.63, 3.8) is 0 Å². The van der Waals surface area contributed by atoms with Crippen molar-refractivity contribution in [1.29, 1.82) is 0 Å². The minimum Gasteiger partial charge on any atom is -0.497 e. The van der Waals surface area contributed by atoms with Gasteiger partial charge in [0, 0.05) is 29.6 Å². The number of hydrogen-bond acceptors (Lipinski definition) is 5. The van der Waals surface area contributed by atoms with Crippen LogP contribution < -0.4 is 14.4 Å². The van der Waals surface area contributed by atoms with Gasteiger partial charge in [0.25, 0.3) is 10.0 Å². The highest BCUT2D eigenvalue weighted by molar-refractivity contribution is 7.92. The largest absolute Gasteiger partial charge is 0.497 e. The van der Waals surface area contributed by atoms with Crippen LogP contribution in [0.2, 0.25) is 10.0 Å². The SMILES string of the molecule is CCCNC(=O)[C@@H](Cc1ccccc1)N(Cc1cccc(OC)c1)C(=O)CN(c1cc(Cl)cc(Cl)c1)S(=O)(=O)c1ccc(C)cc1. The van der Waals surface area contributed by atoms with Crippen molar-refractivity contribution in [3.8, 4) is 5.75 Å². The molecular weight excluding hydrogens is 645 g/mol. The third-order valence-corrected chi connectivity index (χ3v) is 9.56. The number of carbonyl (C=O) groups excluding carboxylic acids is 2. The lowest BCUT2D eigenvalue weighted by molar-refractivity contribution is -0.140. The van der Waals surface area contributed by atoms with Crippen molar-refractivity contribution in [2.75, 3.05) is 24.5 Å². The predicted molar refractivity (Wildman–Crippen MR) is 183 cm³/mol. The van der Waals surface area contributed by atoms with Gasteiger partial charge in [0.15, 0.2) is 0 Å². The Morgan fingerprint density at radius 2 is 1.52 bits per heavy atom. The van der Waals surface area contributed by atoms with Crippen LogP contribution in [0.1, 0.15) is 30.0 Å². The number of nitrogens with zero attached hydrogens (tertiary/aromatic N) is 2. The summed E-state index contributed by atoms with van der Waals surface area (Å²) in [4.78, 5) is 29.7. The van der Waals surface area contributed by atoms with E-state index in [4.69, 9.17) is 27.9 Å². The number of nitrogens with one attached hydrogen (secondary N) is 1. The van der Waals surface area contributed by atoms with Gasteiger partial charge in [-0.05, 0) is 66.9 Å². The Kier molecular flexibility index (Phi) is 12.1. The molecule has 4 rings (SSSR count). The number of hydrogen-bond donors (Lipinski definition) is 1. The minimum atomic E-state index is -4.29. The lowest BCUT2D eigenvalue weighted by Crippen LogP contribution is -2.53. The number of rotatable bonds is 14. The Bertz CT molecular complexity index is 1730. The molecule has 11 heteroatoms. The van der Waals surface area contributed by atoms with Crippen LogP contribution >= 0.6 is 23.2 Å². The summed E-state index contributed by atoms with van der Waals surface area (Å²) in [5.41, 5.74) is 2.53. The molecular formula is C35H37Cl2N3O5S. The van der Waals surface area contributed by atoms with E-state index in [-0.39, 0.29) is 39.5 Å². The van der Waals surface area contributed by atoms with Gasteiger partial charge in [-0.1, -0.05) is 90.3 Å². The predicted octanol–water partition coefficient (Wildman–Crippen LogP) is 6.67. The molecule has 46 heavy (non-hydrogen) atoms. The second-order valence-corrected chi connectivity index (χ2v) is 13.6. The first kappa shape index (κ1) is 34.8. The Morgan fingerprint density at radius 1 is 0.870 bits per heavy atom. The fourth-order valence-corrected chi connectivity index (χ4v) is 6.85. The second-order valence-electron chi connectivity index (χ2n) is 10.8. The summed E-state index contributed by atoms with van der Waals surface area (Å²) in [5.74, 6) is -0.361. The van der Waals surface area contributed by atoms with Gasteiger partial charge in [-0.25, -0.2) is 8.42 Å². The first-order valence-corrected chi connectivity index (χ1v) is 17.0. The molecule has 0 spiro atoms. The van der Waals surface area contributed by atoms with Crippen LogP contribution in [0.15, 0.2) is 102 Å².